The molecule has 0 aliphatic heterocycles. The van der Waals surface area contributed by atoms with Crippen molar-refractivity contribution in [3.8, 4) is 0 Å². The molecule has 0 aliphatic rings. The number of nitro groups is 1. The number of nitrogens with one attached hydrogen (secondary N) is 1. The Morgan fingerprint density at radius 2 is 2.17 bits per heavy atom. The van der Waals surface area contributed by atoms with Gasteiger partial charge in [-0.2, -0.15) is 0 Å². The zero-order valence-corrected chi connectivity index (χ0v) is 7.30. The maximum atomic E-state index is 10.5. The van der Waals surface area contributed by atoms with E-state index in [1.165, 1.54) is 18.0 Å². The lowest BCUT2D eigenvalue weighted by molar-refractivity contribution is -0.387. The van der Waals surface area contributed by atoms with E-state index in [9.17, 15) is 10.1 Å². The van der Waals surface area contributed by atoms with E-state index in [-0.39, 0.29) is 10.6 Å². The van der Waals surface area contributed by atoms with Crippen LogP contribution in [0.2, 0.25) is 0 Å². The molecule has 5 heteroatoms. The van der Waals surface area contributed by atoms with Crippen molar-refractivity contribution in [2.45, 2.75) is 4.90 Å². The molecule has 0 aromatic heterocycles. The van der Waals surface area contributed by atoms with Gasteiger partial charge in [-0.3, -0.25) is 14.8 Å². The van der Waals surface area contributed by atoms with Gasteiger partial charge in [0.1, 0.15) is 4.90 Å². The first-order valence-corrected chi connectivity index (χ1v) is 4.14. The molecule has 0 unspecified atom stereocenters. The zero-order valence-electron chi connectivity index (χ0n) is 6.48. The number of nitro benzene ring substituents is 1. The van der Waals surface area contributed by atoms with Crippen molar-refractivity contribution in [3.05, 3.63) is 34.4 Å². The molecule has 0 spiro atoms. The number of para-hydroxylation sites is 1. The summed E-state index contributed by atoms with van der Waals surface area (Å²) in [5.41, 5.74) is 0.136. The molecule has 0 saturated carbocycles. The Morgan fingerprint density at radius 3 is 2.75 bits per heavy atom. The predicted octanol–water partition coefficient (Wildman–Crippen LogP) is 1.82. The van der Waals surface area contributed by atoms with Crippen LogP contribution in [0.5, 0.6) is 0 Å². The Morgan fingerprint density at radius 1 is 1.50 bits per heavy atom. The van der Waals surface area contributed by atoms with Crippen LogP contribution >= 0.6 is 11.9 Å². The van der Waals surface area contributed by atoms with E-state index in [1.807, 2.05) is 0 Å². The van der Waals surface area contributed by atoms with Crippen LogP contribution < -0.4 is 4.72 Å². The van der Waals surface area contributed by atoms with Gasteiger partial charge in [0.25, 0.3) is 5.69 Å². The Labute approximate surface area is 74.3 Å². The topological polar surface area (TPSA) is 55.2 Å². The van der Waals surface area contributed by atoms with Gasteiger partial charge in [-0.25, -0.2) is 0 Å². The van der Waals surface area contributed by atoms with E-state index in [0.29, 0.717) is 4.90 Å². The maximum Gasteiger partial charge on any atom is 0.284 e. The summed E-state index contributed by atoms with van der Waals surface area (Å²) in [7, 11) is 1.72. The third-order valence-corrected chi connectivity index (χ3v) is 2.04. The van der Waals surface area contributed by atoms with E-state index in [2.05, 4.69) is 4.72 Å². The Balaban J connectivity index is 3.00. The molecule has 0 aliphatic carbocycles. The Kier molecular flexibility index (Phi) is 3.07. The van der Waals surface area contributed by atoms with Crippen LogP contribution in [0.4, 0.5) is 5.69 Å². The number of benzene rings is 1. The second kappa shape index (κ2) is 4.08. The summed E-state index contributed by atoms with van der Waals surface area (Å²) in [6, 6.07) is 6.61. The first kappa shape index (κ1) is 9.02. The van der Waals surface area contributed by atoms with Crippen LogP contribution in [0.3, 0.4) is 0 Å². The first-order chi connectivity index (χ1) is 5.75. The summed E-state index contributed by atoms with van der Waals surface area (Å²) >= 11 is 1.24. The normalized spacial score (nSPS) is 9.75. The van der Waals surface area contributed by atoms with Crippen LogP contribution in [0, 0.1) is 10.1 Å². The predicted molar refractivity (Wildman–Crippen MR) is 48.0 cm³/mol. The lowest BCUT2D eigenvalue weighted by Gasteiger charge is -1.98. The minimum atomic E-state index is -0.389. The van der Waals surface area contributed by atoms with Crippen LogP contribution in [-0.4, -0.2) is 12.0 Å². The van der Waals surface area contributed by atoms with E-state index in [0.717, 1.165) is 0 Å². The van der Waals surface area contributed by atoms with E-state index >= 15 is 0 Å². The summed E-state index contributed by atoms with van der Waals surface area (Å²) in [6.07, 6.45) is 0. The molecule has 0 fully saturated rings. The molecule has 1 N–H and O–H groups in total. The SMILES string of the molecule is CNSc1ccccc1[N+](=O)[O-]. The third kappa shape index (κ3) is 1.96. The van der Waals surface area contributed by atoms with Crippen molar-refractivity contribution < 1.29 is 4.92 Å². The van der Waals surface area contributed by atoms with Gasteiger partial charge in [-0.05, 0) is 25.1 Å². The molecular formula is C7H8N2O2S. The first-order valence-electron chi connectivity index (χ1n) is 3.32. The fourth-order valence-electron chi connectivity index (χ4n) is 0.804. The molecule has 1 aromatic rings. The molecule has 0 bridgehead atoms. The molecule has 0 saturated heterocycles. The fourth-order valence-corrected chi connectivity index (χ4v) is 1.42. The van der Waals surface area contributed by atoms with Crippen LogP contribution in [0.1, 0.15) is 0 Å². The lowest BCUT2D eigenvalue weighted by Crippen LogP contribution is -1.95. The molecule has 0 radical (unpaired) electrons. The zero-order chi connectivity index (χ0) is 8.97. The van der Waals surface area contributed by atoms with Crippen molar-refractivity contribution in [1.29, 1.82) is 0 Å². The lowest BCUT2D eigenvalue weighted by atomic mass is 10.3. The van der Waals surface area contributed by atoms with Gasteiger partial charge in [0, 0.05) is 6.07 Å². The van der Waals surface area contributed by atoms with E-state index in [1.54, 1.807) is 25.2 Å². The molecule has 12 heavy (non-hydrogen) atoms. The number of nitrogens with zero attached hydrogens (tertiary/aromatic N) is 1. The monoisotopic (exact) mass is 184 g/mol. The number of rotatable bonds is 3. The summed E-state index contributed by atoms with van der Waals surface area (Å²) in [5, 5.41) is 10.5. The number of hydrogen-bond acceptors (Lipinski definition) is 4. The van der Waals surface area contributed by atoms with Crippen molar-refractivity contribution in [1.82, 2.24) is 4.72 Å². The van der Waals surface area contributed by atoms with Crippen molar-refractivity contribution in [3.63, 3.8) is 0 Å². The van der Waals surface area contributed by atoms with Gasteiger partial charge in [0.05, 0.1) is 4.92 Å². The van der Waals surface area contributed by atoms with Gasteiger partial charge < -0.3 is 0 Å². The molecule has 0 amide bonds. The smallest absolute Gasteiger partial charge is 0.263 e. The molecule has 4 nitrogen and oxygen atoms in total. The standard InChI is InChI=1S/C7H8N2O2S/c1-8-12-7-5-3-2-4-6(7)9(10)11/h2-5,8H,1H3. The fraction of sp³-hybridized carbons (Fsp3) is 0.143. The quantitative estimate of drug-likeness (QED) is 0.442. The highest BCUT2D eigenvalue weighted by molar-refractivity contribution is 7.97. The summed E-state index contributed by atoms with van der Waals surface area (Å²) in [6.45, 7) is 0. The molecule has 0 atom stereocenters. The Bertz CT molecular complexity index is 290. The average Bonchev–Trinajstić information content (AvgIpc) is 2.05. The average molecular weight is 184 g/mol. The third-order valence-electron chi connectivity index (χ3n) is 1.27. The van der Waals surface area contributed by atoms with Crippen LogP contribution in [0.25, 0.3) is 0 Å². The number of hydrogen-bond donors (Lipinski definition) is 1. The summed E-state index contributed by atoms with van der Waals surface area (Å²) in [4.78, 5) is 10.7. The highest BCUT2D eigenvalue weighted by Gasteiger charge is 2.11. The van der Waals surface area contributed by atoms with E-state index < -0.39 is 0 Å². The summed E-state index contributed by atoms with van der Waals surface area (Å²) < 4.78 is 2.79. The minimum Gasteiger partial charge on any atom is -0.263 e. The van der Waals surface area contributed by atoms with E-state index in [4.69, 9.17) is 0 Å². The van der Waals surface area contributed by atoms with Gasteiger partial charge in [0.2, 0.25) is 0 Å². The van der Waals surface area contributed by atoms with Crippen LogP contribution in [-0.2, 0) is 0 Å². The molecule has 0 heterocycles. The van der Waals surface area contributed by atoms with Gasteiger partial charge in [-0.15, -0.1) is 0 Å². The highest BCUT2D eigenvalue weighted by atomic mass is 32.2. The molecule has 1 aromatic carbocycles. The highest BCUT2D eigenvalue weighted by Crippen LogP contribution is 2.25. The van der Waals surface area contributed by atoms with Crippen molar-refractivity contribution >= 4 is 17.6 Å². The molecule has 1 rings (SSSR count). The van der Waals surface area contributed by atoms with Gasteiger partial charge in [-0.1, -0.05) is 12.1 Å². The van der Waals surface area contributed by atoms with Crippen LogP contribution in [0.15, 0.2) is 29.2 Å². The Hall–Kier alpha value is -1.07. The van der Waals surface area contributed by atoms with Gasteiger partial charge in [0.15, 0.2) is 0 Å². The maximum absolute atomic E-state index is 10.5. The largest absolute Gasteiger partial charge is 0.284 e. The minimum absolute atomic E-state index is 0.136. The molecule has 64 valence electrons. The second-order valence-corrected chi connectivity index (χ2v) is 3.08. The van der Waals surface area contributed by atoms with Gasteiger partial charge >= 0.3 is 0 Å². The molecular weight excluding hydrogens is 176 g/mol. The van der Waals surface area contributed by atoms with Crippen molar-refractivity contribution in [2.75, 3.05) is 7.05 Å². The summed E-state index contributed by atoms with van der Waals surface area (Å²) in [5.74, 6) is 0. The second-order valence-electron chi connectivity index (χ2n) is 2.03. The van der Waals surface area contributed by atoms with Crippen molar-refractivity contribution in [2.24, 2.45) is 0 Å².